The third-order valence-electron chi connectivity index (χ3n) is 0.812. The standard InChI is InChI=1S/C5H8NO/c1-2-6-3-5-7-4-1/h3,5H,1-2,4H2. The zero-order valence-electron chi connectivity index (χ0n) is 4.13. The average Bonchev–Trinajstić information content (AvgIpc) is 1.90. The summed E-state index contributed by atoms with van der Waals surface area (Å²) in [7, 11) is 0. The van der Waals surface area contributed by atoms with Crippen LogP contribution in [0.3, 0.4) is 0 Å². The van der Waals surface area contributed by atoms with Crippen molar-refractivity contribution in [1.82, 2.24) is 0 Å². The van der Waals surface area contributed by atoms with E-state index in [9.17, 15) is 0 Å². The maximum Gasteiger partial charge on any atom is 0.123 e. The fraction of sp³-hybridized carbons (Fsp3) is 0.600. The van der Waals surface area contributed by atoms with Gasteiger partial charge in [-0.3, -0.25) is 4.99 Å². The molecular weight excluding hydrogens is 90.1 g/mol. The van der Waals surface area contributed by atoms with E-state index in [1.165, 1.54) is 0 Å². The average molecular weight is 98.1 g/mol. The first kappa shape index (κ1) is 4.78. The minimum absolute atomic E-state index is 0.819. The van der Waals surface area contributed by atoms with Gasteiger partial charge in [0.1, 0.15) is 6.61 Å². The molecule has 1 aliphatic rings. The highest BCUT2D eigenvalue weighted by Crippen LogP contribution is 1.89. The Balaban J connectivity index is 2.20. The number of hydrogen-bond donors (Lipinski definition) is 0. The van der Waals surface area contributed by atoms with Crippen molar-refractivity contribution < 1.29 is 4.74 Å². The van der Waals surface area contributed by atoms with Gasteiger partial charge in [-0.15, -0.1) is 0 Å². The maximum absolute atomic E-state index is 4.92. The second kappa shape index (κ2) is 2.75. The van der Waals surface area contributed by atoms with Crippen LogP contribution in [0.2, 0.25) is 0 Å². The van der Waals surface area contributed by atoms with E-state index < -0.39 is 0 Å². The van der Waals surface area contributed by atoms with Crippen LogP contribution in [-0.2, 0) is 4.74 Å². The van der Waals surface area contributed by atoms with Crippen molar-refractivity contribution in [3.8, 4) is 0 Å². The van der Waals surface area contributed by atoms with Gasteiger partial charge in [-0.05, 0) is 6.42 Å². The first-order valence-corrected chi connectivity index (χ1v) is 2.43. The van der Waals surface area contributed by atoms with Crippen molar-refractivity contribution in [3.63, 3.8) is 0 Å². The van der Waals surface area contributed by atoms with E-state index in [0.29, 0.717) is 0 Å². The van der Waals surface area contributed by atoms with E-state index in [1.807, 2.05) is 0 Å². The highest BCUT2D eigenvalue weighted by Gasteiger charge is 1.89. The minimum Gasteiger partial charge on any atom is -0.369 e. The molecule has 2 heteroatoms. The van der Waals surface area contributed by atoms with E-state index in [2.05, 4.69) is 4.99 Å². The first-order valence-electron chi connectivity index (χ1n) is 2.43. The molecule has 0 bridgehead atoms. The predicted octanol–water partition coefficient (Wildman–Crippen LogP) is 0.639. The molecule has 0 atom stereocenters. The molecule has 0 unspecified atom stereocenters. The first-order chi connectivity index (χ1) is 3.50. The summed E-state index contributed by atoms with van der Waals surface area (Å²) in [4.78, 5) is 3.97. The maximum atomic E-state index is 4.92. The Morgan fingerprint density at radius 3 is 3.57 bits per heavy atom. The molecule has 0 N–H and O–H groups in total. The fourth-order valence-electron chi connectivity index (χ4n) is 0.468. The summed E-state index contributed by atoms with van der Waals surface area (Å²) in [5, 5.41) is 0. The normalized spacial score (nSPS) is 21.7. The predicted molar refractivity (Wildman–Crippen MR) is 28.2 cm³/mol. The summed E-state index contributed by atoms with van der Waals surface area (Å²) in [6.45, 7) is 3.36. The molecule has 1 heterocycles. The Morgan fingerprint density at radius 2 is 2.57 bits per heavy atom. The smallest absolute Gasteiger partial charge is 0.123 e. The SMILES string of the molecule is [CH]1C=NCCCO1. The number of aliphatic imine (C=N–C) groups is 1. The summed E-state index contributed by atoms with van der Waals surface area (Å²) < 4.78 is 4.92. The molecule has 2 nitrogen and oxygen atoms in total. The summed E-state index contributed by atoms with van der Waals surface area (Å²) in [6, 6.07) is 0. The van der Waals surface area contributed by atoms with E-state index in [0.717, 1.165) is 19.6 Å². The van der Waals surface area contributed by atoms with E-state index in [1.54, 1.807) is 12.8 Å². The largest absolute Gasteiger partial charge is 0.369 e. The number of rotatable bonds is 0. The summed E-state index contributed by atoms with van der Waals surface area (Å²) in [5.41, 5.74) is 0. The van der Waals surface area contributed by atoms with Gasteiger partial charge in [-0.2, -0.15) is 0 Å². The van der Waals surface area contributed by atoms with Crippen LogP contribution in [0, 0.1) is 6.61 Å². The molecule has 1 rings (SSSR count). The Morgan fingerprint density at radius 1 is 1.57 bits per heavy atom. The molecule has 0 saturated carbocycles. The van der Waals surface area contributed by atoms with Crippen molar-refractivity contribution in [1.29, 1.82) is 0 Å². The molecule has 1 aliphatic heterocycles. The second-order valence-corrected chi connectivity index (χ2v) is 1.42. The molecule has 0 aliphatic carbocycles. The lowest BCUT2D eigenvalue weighted by atomic mass is 10.5. The summed E-state index contributed by atoms with van der Waals surface area (Å²) in [6.07, 6.45) is 2.75. The Labute approximate surface area is 43.2 Å². The van der Waals surface area contributed by atoms with Crippen LogP contribution in [0.1, 0.15) is 6.42 Å². The highest BCUT2D eigenvalue weighted by molar-refractivity contribution is 5.65. The third-order valence-corrected chi connectivity index (χ3v) is 0.812. The van der Waals surface area contributed by atoms with Crippen molar-refractivity contribution in [2.45, 2.75) is 6.42 Å². The van der Waals surface area contributed by atoms with Gasteiger partial charge in [-0.1, -0.05) is 0 Å². The van der Waals surface area contributed by atoms with E-state index >= 15 is 0 Å². The molecule has 0 aromatic carbocycles. The van der Waals surface area contributed by atoms with Crippen molar-refractivity contribution >= 4 is 6.21 Å². The quantitative estimate of drug-likeness (QED) is 0.435. The summed E-state index contributed by atoms with van der Waals surface area (Å²) >= 11 is 0. The van der Waals surface area contributed by atoms with Crippen LogP contribution < -0.4 is 0 Å². The molecule has 39 valence electrons. The van der Waals surface area contributed by atoms with Gasteiger partial charge in [0.25, 0.3) is 0 Å². The van der Waals surface area contributed by atoms with Gasteiger partial charge in [-0.25, -0.2) is 0 Å². The van der Waals surface area contributed by atoms with Crippen molar-refractivity contribution in [3.05, 3.63) is 6.61 Å². The fourth-order valence-corrected chi connectivity index (χ4v) is 0.468. The molecule has 0 saturated heterocycles. The molecular formula is C5H8NO. The van der Waals surface area contributed by atoms with Crippen LogP contribution >= 0.6 is 0 Å². The van der Waals surface area contributed by atoms with Crippen LogP contribution in [0.15, 0.2) is 4.99 Å². The Bertz CT molecular complexity index is 62.5. The monoisotopic (exact) mass is 98.1 g/mol. The minimum atomic E-state index is 0.819. The molecule has 0 spiro atoms. The van der Waals surface area contributed by atoms with Crippen LogP contribution in [0.25, 0.3) is 0 Å². The van der Waals surface area contributed by atoms with Gasteiger partial charge in [0.05, 0.1) is 0 Å². The lowest BCUT2D eigenvalue weighted by molar-refractivity contribution is 0.227. The van der Waals surface area contributed by atoms with Crippen molar-refractivity contribution in [2.75, 3.05) is 13.2 Å². The van der Waals surface area contributed by atoms with Crippen molar-refractivity contribution in [2.24, 2.45) is 4.99 Å². The van der Waals surface area contributed by atoms with Gasteiger partial charge in [0.2, 0.25) is 0 Å². The summed E-state index contributed by atoms with van der Waals surface area (Å²) in [5.74, 6) is 0. The molecule has 1 radical (unpaired) electrons. The zero-order valence-corrected chi connectivity index (χ0v) is 4.13. The van der Waals surface area contributed by atoms with Crippen LogP contribution in [0.5, 0.6) is 0 Å². The van der Waals surface area contributed by atoms with Crippen LogP contribution in [-0.4, -0.2) is 19.4 Å². The number of ether oxygens (including phenoxy) is 1. The number of hydrogen-bond acceptors (Lipinski definition) is 2. The molecule has 7 heavy (non-hydrogen) atoms. The lowest BCUT2D eigenvalue weighted by Gasteiger charge is -1.89. The highest BCUT2D eigenvalue weighted by atomic mass is 16.5. The molecule has 0 aromatic heterocycles. The second-order valence-electron chi connectivity index (χ2n) is 1.42. The van der Waals surface area contributed by atoms with Gasteiger partial charge >= 0.3 is 0 Å². The third kappa shape index (κ3) is 1.69. The van der Waals surface area contributed by atoms with Gasteiger partial charge in [0, 0.05) is 19.4 Å². The Kier molecular flexibility index (Phi) is 1.88. The lowest BCUT2D eigenvalue weighted by Crippen LogP contribution is -1.87. The zero-order chi connectivity index (χ0) is 4.95. The molecule has 0 fully saturated rings. The van der Waals surface area contributed by atoms with Gasteiger partial charge in [0.15, 0.2) is 0 Å². The van der Waals surface area contributed by atoms with E-state index in [4.69, 9.17) is 4.74 Å². The molecule has 0 aromatic rings. The van der Waals surface area contributed by atoms with Gasteiger partial charge < -0.3 is 4.74 Å². The molecule has 0 amide bonds. The number of nitrogens with zero attached hydrogens (tertiary/aromatic N) is 1. The van der Waals surface area contributed by atoms with E-state index in [-0.39, 0.29) is 0 Å². The topological polar surface area (TPSA) is 21.6 Å². The van der Waals surface area contributed by atoms with Crippen LogP contribution in [0.4, 0.5) is 0 Å². The Hall–Kier alpha value is -0.370.